The molecule has 1 aromatic carbocycles. The molecule has 11 heteroatoms. The number of benzene rings is 1. The highest BCUT2D eigenvalue weighted by Gasteiger charge is 2.31. The van der Waals surface area contributed by atoms with Crippen LogP contribution >= 0.6 is 0 Å². The van der Waals surface area contributed by atoms with Crippen molar-refractivity contribution in [2.45, 2.75) is 17.4 Å². The molecule has 0 saturated heterocycles. The van der Waals surface area contributed by atoms with Gasteiger partial charge in [-0.05, 0) is 0 Å². The third-order valence-corrected chi connectivity index (χ3v) is 3.75. The maximum atomic E-state index is 13.4. The average molecular weight is 326 g/mol. The van der Waals surface area contributed by atoms with E-state index in [1.165, 1.54) is 4.72 Å². The molecular weight excluding hydrogens is 317 g/mol. The minimum Gasteiger partial charge on any atom is -0.480 e. The van der Waals surface area contributed by atoms with E-state index in [1.807, 2.05) is 0 Å². The summed E-state index contributed by atoms with van der Waals surface area (Å²) in [4.78, 5) is 19.9. The Morgan fingerprint density at radius 2 is 1.71 bits per heavy atom. The molecule has 7 nitrogen and oxygen atoms in total. The Bertz CT molecular complexity index is 669. The molecule has 0 aliphatic carbocycles. The summed E-state index contributed by atoms with van der Waals surface area (Å²) < 4.78 is 64.4. The molecular formula is C10H9F3N2O5S. The zero-order valence-corrected chi connectivity index (χ0v) is 11.0. The van der Waals surface area contributed by atoms with Crippen LogP contribution in [0.2, 0.25) is 0 Å². The van der Waals surface area contributed by atoms with Crippen LogP contribution in [0.15, 0.2) is 17.0 Å². The van der Waals surface area contributed by atoms with Gasteiger partial charge in [0.25, 0.3) is 0 Å². The van der Waals surface area contributed by atoms with Gasteiger partial charge in [0.05, 0.1) is 6.42 Å². The number of halogens is 3. The van der Waals surface area contributed by atoms with Crippen LogP contribution in [0.1, 0.15) is 6.42 Å². The van der Waals surface area contributed by atoms with Crippen molar-refractivity contribution in [1.82, 2.24) is 4.72 Å². The number of amides is 1. The molecule has 0 radical (unpaired) electrons. The number of carboxylic acid groups (broad SMARTS) is 1. The lowest BCUT2D eigenvalue weighted by atomic mass is 10.2. The maximum Gasteiger partial charge on any atom is 0.322 e. The fourth-order valence-corrected chi connectivity index (χ4v) is 2.72. The Hall–Kier alpha value is -2.14. The minimum absolute atomic E-state index is 0.113. The number of carbonyl (C=O) groups is 2. The minimum atomic E-state index is -4.98. The van der Waals surface area contributed by atoms with Gasteiger partial charge >= 0.3 is 5.97 Å². The summed E-state index contributed by atoms with van der Waals surface area (Å²) in [5.41, 5.74) is 4.73. The third kappa shape index (κ3) is 4.16. The fraction of sp³-hybridized carbons (Fsp3) is 0.200. The van der Waals surface area contributed by atoms with E-state index in [4.69, 9.17) is 10.8 Å². The Morgan fingerprint density at radius 3 is 2.10 bits per heavy atom. The number of sulfonamides is 1. The summed E-state index contributed by atoms with van der Waals surface area (Å²) in [6.07, 6.45) is -0.932. The summed E-state index contributed by atoms with van der Waals surface area (Å²) in [6.45, 7) is 0. The molecule has 1 rings (SSSR count). The van der Waals surface area contributed by atoms with Gasteiger partial charge in [0.1, 0.15) is 23.5 Å². The zero-order chi connectivity index (χ0) is 16.4. The lowest BCUT2D eigenvalue weighted by Crippen LogP contribution is -2.43. The van der Waals surface area contributed by atoms with E-state index in [1.54, 1.807) is 0 Å². The first-order valence-corrected chi connectivity index (χ1v) is 6.71. The van der Waals surface area contributed by atoms with Crippen LogP contribution in [0, 0.1) is 17.5 Å². The average Bonchev–Trinajstić information content (AvgIpc) is 2.24. The van der Waals surface area contributed by atoms with Gasteiger partial charge < -0.3 is 10.8 Å². The first-order valence-electron chi connectivity index (χ1n) is 5.22. The quantitative estimate of drug-likeness (QED) is 0.662. The van der Waals surface area contributed by atoms with Gasteiger partial charge in [-0.3, -0.25) is 9.59 Å². The lowest BCUT2D eigenvalue weighted by molar-refractivity contribution is -0.140. The molecule has 0 aliphatic heterocycles. The molecule has 4 N–H and O–H groups in total. The number of primary amides is 1. The Morgan fingerprint density at radius 1 is 1.24 bits per heavy atom. The van der Waals surface area contributed by atoms with E-state index in [2.05, 4.69) is 0 Å². The molecule has 21 heavy (non-hydrogen) atoms. The van der Waals surface area contributed by atoms with Crippen LogP contribution < -0.4 is 10.5 Å². The van der Waals surface area contributed by atoms with E-state index in [-0.39, 0.29) is 12.1 Å². The second-order valence-electron chi connectivity index (χ2n) is 3.88. The molecule has 0 aromatic heterocycles. The Labute approximate surface area is 116 Å². The van der Waals surface area contributed by atoms with Gasteiger partial charge in [-0.25, -0.2) is 21.6 Å². The molecule has 1 aromatic rings. The maximum absolute atomic E-state index is 13.4. The zero-order valence-electron chi connectivity index (χ0n) is 10.1. The van der Waals surface area contributed by atoms with Gasteiger partial charge in [-0.2, -0.15) is 4.72 Å². The molecule has 0 bridgehead atoms. The molecule has 0 saturated carbocycles. The van der Waals surface area contributed by atoms with E-state index in [0.29, 0.717) is 0 Å². The number of aliphatic carboxylic acids is 1. The van der Waals surface area contributed by atoms with Gasteiger partial charge in [0.15, 0.2) is 4.90 Å². The number of carboxylic acids is 1. The van der Waals surface area contributed by atoms with Crippen molar-refractivity contribution in [1.29, 1.82) is 0 Å². The van der Waals surface area contributed by atoms with Crippen molar-refractivity contribution in [2.24, 2.45) is 5.73 Å². The van der Waals surface area contributed by atoms with Crippen molar-refractivity contribution in [3.63, 3.8) is 0 Å². The summed E-state index contributed by atoms with van der Waals surface area (Å²) in [5.74, 6) is -7.77. The smallest absolute Gasteiger partial charge is 0.322 e. The summed E-state index contributed by atoms with van der Waals surface area (Å²) >= 11 is 0. The van der Waals surface area contributed by atoms with Crippen LogP contribution in [-0.4, -0.2) is 31.4 Å². The number of nitrogens with two attached hydrogens (primary N) is 1. The first-order chi connectivity index (χ1) is 9.54. The van der Waals surface area contributed by atoms with Gasteiger partial charge in [0, 0.05) is 12.1 Å². The molecule has 116 valence electrons. The Balaban J connectivity index is 3.23. The molecule has 0 fully saturated rings. The normalized spacial score (nSPS) is 12.9. The highest BCUT2D eigenvalue weighted by molar-refractivity contribution is 7.89. The molecule has 0 heterocycles. The van der Waals surface area contributed by atoms with E-state index < -0.39 is 56.7 Å². The first kappa shape index (κ1) is 16.9. The standard InChI is InChI=1S/C10H9F3N2O5S/c11-4-1-5(12)9(6(13)2-4)21(19,20)15-7(10(17)18)3-8(14)16/h1-2,7,15H,3H2,(H2,14,16)(H,17,18). The van der Waals surface area contributed by atoms with Crippen LogP contribution in [0.25, 0.3) is 0 Å². The molecule has 0 spiro atoms. The van der Waals surface area contributed by atoms with Gasteiger partial charge in [-0.1, -0.05) is 0 Å². The van der Waals surface area contributed by atoms with Crippen molar-refractivity contribution in [3.05, 3.63) is 29.6 Å². The highest BCUT2D eigenvalue weighted by atomic mass is 32.2. The topological polar surface area (TPSA) is 127 Å². The predicted molar refractivity (Wildman–Crippen MR) is 61.9 cm³/mol. The predicted octanol–water partition coefficient (Wildman–Crippen LogP) is -0.289. The molecule has 0 aliphatic rings. The lowest BCUT2D eigenvalue weighted by Gasteiger charge is -2.14. The summed E-state index contributed by atoms with van der Waals surface area (Å²) in [7, 11) is -4.98. The number of hydrogen-bond donors (Lipinski definition) is 3. The number of nitrogens with one attached hydrogen (secondary N) is 1. The SMILES string of the molecule is NC(=O)CC(NS(=O)(=O)c1c(F)cc(F)cc1F)C(=O)O. The summed E-state index contributed by atoms with van der Waals surface area (Å²) in [5, 5.41) is 8.73. The van der Waals surface area contributed by atoms with Crippen LogP contribution in [0.4, 0.5) is 13.2 Å². The second-order valence-corrected chi connectivity index (χ2v) is 5.53. The van der Waals surface area contributed by atoms with Crippen LogP contribution in [0.5, 0.6) is 0 Å². The number of hydrogen-bond acceptors (Lipinski definition) is 4. The number of carbonyl (C=O) groups excluding carboxylic acids is 1. The molecule has 1 amide bonds. The Kier molecular flexibility index (Phi) is 4.91. The van der Waals surface area contributed by atoms with Gasteiger partial charge in [-0.15, -0.1) is 0 Å². The second kappa shape index (κ2) is 6.10. The number of rotatable bonds is 6. The monoisotopic (exact) mass is 326 g/mol. The van der Waals surface area contributed by atoms with E-state index in [9.17, 15) is 31.2 Å². The fourth-order valence-electron chi connectivity index (χ4n) is 1.41. The van der Waals surface area contributed by atoms with Crippen molar-refractivity contribution >= 4 is 21.9 Å². The third-order valence-electron chi connectivity index (χ3n) is 2.23. The van der Waals surface area contributed by atoms with E-state index >= 15 is 0 Å². The largest absolute Gasteiger partial charge is 0.480 e. The van der Waals surface area contributed by atoms with Crippen LogP contribution in [-0.2, 0) is 19.6 Å². The van der Waals surface area contributed by atoms with Crippen molar-refractivity contribution in [2.75, 3.05) is 0 Å². The molecule has 1 atom stereocenters. The van der Waals surface area contributed by atoms with Crippen LogP contribution in [0.3, 0.4) is 0 Å². The summed E-state index contributed by atoms with van der Waals surface area (Å²) in [6, 6.07) is -1.79. The van der Waals surface area contributed by atoms with E-state index in [0.717, 1.165) is 0 Å². The van der Waals surface area contributed by atoms with Crippen molar-refractivity contribution < 1.29 is 36.3 Å². The van der Waals surface area contributed by atoms with Crippen molar-refractivity contribution in [3.8, 4) is 0 Å². The highest BCUT2D eigenvalue weighted by Crippen LogP contribution is 2.20. The van der Waals surface area contributed by atoms with Gasteiger partial charge in [0.2, 0.25) is 15.9 Å². The molecule has 1 unspecified atom stereocenters.